The molecule has 0 bridgehead atoms. The molecular weight excluding hydrogens is 336 g/mol. The number of hydrogen-bond donors (Lipinski definition) is 1. The number of aromatic amines is 1. The van der Waals surface area contributed by atoms with Crippen molar-refractivity contribution in [3.63, 3.8) is 0 Å². The molecule has 0 unspecified atom stereocenters. The molecule has 1 aromatic carbocycles. The highest BCUT2D eigenvalue weighted by atomic mass is 16.2. The Kier molecular flexibility index (Phi) is 4.30. The fourth-order valence-corrected chi connectivity index (χ4v) is 3.09. The predicted octanol–water partition coefficient (Wildman–Crippen LogP) is -0.537. The number of amides is 2. The summed E-state index contributed by atoms with van der Waals surface area (Å²) in [5, 5.41) is 18.6. The number of carbonyl (C=O) groups excluding carboxylic acids is 2. The maximum Gasteiger partial charge on any atom is 0.244 e. The van der Waals surface area contributed by atoms with Crippen LogP contribution in [0.25, 0.3) is 10.9 Å². The first-order valence-corrected chi connectivity index (χ1v) is 8.37. The van der Waals surface area contributed by atoms with E-state index in [0.29, 0.717) is 32.6 Å². The Morgan fingerprint density at radius 2 is 1.85 bits per heavy atom. The van der Waals surface area contributed by atoms with Crippen LogP contribution in [0.15, 0.2) is 30.7 Å². The number of piperazine rings is 1. The molecule has 134 valence electrons. The quantitative estimate of drug-likeness (QED) is 0.673. The summed E-state index contributed by atoms with van der Waals surface area (Å²) < 4.78 is 1.39. The Morgan fingerprint density at radius 1 is 1.08 bits per heavy atom. The van der Waals surface area contributed by atoms with Crippen molar-refractivity contribution in [3.05, 3.63) is 36.3 Å². The molecule has 1 fully saturated rings. The first-order chi connectivity index (χ1) is 12.7. The smallest absolute Gasteiger partial charge is 0.244 e. The largest absolute Gasteiger partial charge is 0.339 e. The lowest BCUT2D eigenvalue weighted by molar-refractivity contribution is -0.139. The van der Waals surface area contributed by atoms with Crippen LogP contribution < -0.4 is 0 Å². The van der Waals surface area contributed by atoms with Crippen molar-refractivity contribution in [1.29, 1.82) is 0 Å². The van der Waals surface area contributed by atoms with Gasteiger partial charge < -0.3 is 9.80 Å². The van der Waals surface area contributed by atoms with E-state index in [1.165, 1.54) is 11.0 Å². The Morgan fingerprint density at radius 3 is 2.58 bits per heavy atom. The molecule has 10 heteroatoms. The third-order valence-corrected chi connectivity index (χ3v) is 4.53. The van der Waals surface area contributed by atoms with Crippen molar-refractivity contribution in [2.75, 3.05) is 26.2 Å². The van der Waals surface area contributed by atoms with Crippen molar-refractivity contribution in [2.24, 2.45) is 0 Å². The monoisotopic (exact) mass is 354 g/mol. The van der Waals surface area contributed by atoms with Gasteiger partial charge in [-0.1, -0.05) is 6.07 Å². The topological polar surface area (TPSA) is 113 Å². The highest BCUT2D eigenvalue weighted by Crippen LogP contribution is 2.14. The van der Waals surface area contributed by atoms with Gasteiger partial charge in [0, 0.05) is 31.6 Å². The first kappa shape index (κ1) is 16.2. The van der Waals surface area contributed by atoms with Gasteiger partial charge in [0.25, 0.3) is 0 Å². The van der Waals surface area contributed by atoms with E-state index in [1.54, 1.807) is 16.0 Å². The van der Waals surface area contributed by atoms with E-state index in [2.05, 4.69) is 25.7 Å². The Hall–Kier alpha value is -3.30. The van der Waals surface area contributed by atoms with Crippen molar-refractivity contribution in [2.45, 2.75) is 13.0 Å². The van der Waals surface area contributed by atoms with Gasteiger partial charge in [0.2, 0.25) is 11.8 Å². The van der Waals surface area contributed by atoms with Gasteiger partial charge in [0.05, 0.1) is 18.1 Å². The van der Waals surface area contributed by atoms with Crippen LogP contribution in [-0.4, -0.2) is 78.2 Å². The fourth-order valence-electron chi connectivity index (χ4n) is 3.09. The molecule has 1 saturated heterocycles. The number of fused-ring (bicyclic) bond motifs is 1. The van der Waals surface area contributed by atoms with Crippen LogP contribution in [0.1, 0.15) is 5.56 Å². The van der Waals surface area contributed by atoms with E-state index in [-0.39, 0.29) is 18.4 Å². The average molecular weight is 354 g/mol. The van der Waals surface area contributed by atoms with Crippen molar-refractivity contribution in [3.8, 4) is 0 Å². The Balaban J connectivity index is 1.30. The molecule has 1 N–H and O–H groups in total. The predicted molar refractivity (Wildman–Crippen MR) is 90.8 cm³/mol. The second-order valence-electron chi connectivity index (χ2n) is 6.24. The van der Waals surface area contributed by atoms with Crippen LogP contribution in [0.4, 0.5) is 0 Å². The molecule has 0 atom stereocenters. The van der Waals surface area contributed by atoms with Gasteiger partial charge >= 0.3 is 0 Å². The minimum absolute atomic E-state index is 0.0465. The van der Waals surface area contributed by atoms with Gasteiger partial charge in [-0.25, -0.2) is 4.68 Å². The number of benzene rings is 1. The number of tetrazole rings is 1. The maximum absolute atomic E-state index is 12.5. The maximum atomic E-state index is 12.5. The van der Waals surface area contributed by atoms with Crippen LogP contribution in [-0.2, 0) is 22.6 Å². The normalized spacial score (nSPS) is 14.8. The summed E-state index contributed by atoms with van der Waals surface area (Å²) in [7, 11) is 0. The van der Waals surface area contributed by atoms with Gasteiger partial charge in [0.1, 0.15) is 12.9 Å². The second kappa shape index (κ2) is 6.90. The summed E-state index contributed by atoms with van der Waals surface area (Å²) in [5.74, 6) is 0.0234. The molecule has 3 heterocycles. The zero-order chi connectivity index (χ0) is 17.9. The standard InChI is InChI=1S/C16H18N8O2/c25-15(8-12-1-2-14-13(7-12)9-17-19-14)22-3-5-23(6-4-22)16(26)10-24-11-18-20-21-24/h1-2,7,9,11H,3-6,8,10H2,(H,17,19). The van der Waals surface area contributed by atoms with Crippen molar-refractivity contribution < 1.29 is 9.59 Å². The number of hydrogen-bond acceptors (Lipinski definition) is 6. The molecule has 1 aliphatic heterocycles. The molecular formula is C16H18N8O2. The number of nitrogens with zero attached hydrogens (tertiary/aromatic N) is 7. The fraction of sp³-hybridized carbons (Fsp3) is 0.375. The average Bonchev–Trinajstić information content (AvgIpc) is 3.33. The Bertz CT molecular complexity index is 911. The molecule has 1 aliphatic rings. The lowest BCUT2D eigenvalue weighted by atomic mass is 10.1. The summed E-state index contributed by atoms with van der Waals surface area (Å²) in [5.41, 5.74) is 1.91. The van der Waals surface area contributed by atoms with E-state index in [9.17, 15) is 9.59 Å². The highest BCUT2D eigenvalue weighted by Gasteiger charge is 2.24. The highest BCUT2D eigenvalue weighted by molar-refractivity contribution is 5.83. The number of rotatable bonds is 4. The summed E-state index contributed by atoms with van der Waals surface area (Å²) in [4.78, 5) is 28.3. The van der Waals surface area contributed by atoms with Crippen molar-refractivity contribution in [1.82, 2.24) is 40.2 Å². The van der Waals surface area contributed by atoms with Crippen LogP contribution in [0.3, 0.4) is 0 Å². The van der Waals surface area contributed by atoms with Crippen LogP contribution >= 0.6 is 0 Å². The minimum Gasteiger partial charge on any atom is -0.339 e. The van der Waals surface area contributed by atoms with Gasteiger partial charge in [-0.2, -0.15) is 5.10 Å². The van der Waals surface area contributed by atoms with Crippen LogP contribution in [0, 0.1) is 0 Å². The molecule has 0 spiro atoms. The third-order valence-electron chi connectivity index (χ3n) is 4.53. The lowest BCUT2D eigenvalue weighted by Crippen LogP contribution is -2.51. The molecule has 0 aliphatic carbocycles. The zero-order valence-corrected chi connectivity index (χ0v) is 14.1. The minimum atomic E-state index is -0.0465. The SMILES string of the molecule is O=C(Cc1ccc2[nH]ncc2c1)N1CCN(C(=O)Cn2cnnn2)CC1. The Labute approximate surface area is 148 Å². The van der Waals surface area contributed by atoms with Crippen LogP contribution in [0.2, 0.25) is 0 Å². The van der Waals surface area contributed by atoms with E-state index in [0.717, 1.165) is 16.5 Å². The number of aromatic nitrogens is 6. The molecule has 0 radical (unpaired) electrons. The van der Waals surface area contributed by atoms with E-state index >= 15 is 0 Å². The van der Waals surface area contributed by atoms with E-state index in [4.69, 9.17) is 0 Å². The van der Waals surface area contributed by atoms with Gasteiger partial charge in [-0.15, -0.1) is 5.10 Å². The zero-order valence-electron chi connectivity index (χ0n) is 14.1. The first-order valence-electron chi connectivity index (χ1n) is 8.37. The molecule has 26 heavy (non-hydrogen) atoms. The lowest BCUT2D eigenvalue weighted by Gasteiger charge is -2.34. The summed E-state index contributed by atoms with van der Waals surface area (Å²) in [6.07, 6.45) is 3.51. The van der Waals surface area contributed by atoms with E-state index in [1.807, 2.05) is 18.2 Å². The van der Waals surface area contributed by atoms with Crippen molar-refractivity contribution >= 4 is 22.7 Å². The third kappa shape index (κ3) is 3.39. The second-order valence-corrected chi connectivity index (χ2v) is 6.24. The molecule has 10 nitrogen and oxygen atoms in total. The molecule has 2 amide bonds. The number of nitrogens with one attached hydrogen (secondary N) is 1. The van der Waals surface area contributed by atoms with Gasteiger partial charge in [-0.05, 0) is 28.1 Å². The summed E-state index contributed by atoms with van der Waals surface area (Å²) in [6, 6.07) is 5.84. The summed E-state index contributed by atoms with van der Waals surface area (Å²) in [6.45, 7) is 2.23. The van der Waals surface area contributed by atoms with Gasteiger partial charge in [0.15, 0.2) is 0 Å². The molecule has 2 aromatic heterocycles. The summed E-state index contributed by atoms with van der Waals surface area (Å²) >= 11 is 0. The number of H-pyrrole nitrogens is 1. The molecule has 3 aromatic rings. The van der Waals surface area contributed by atoms with E-state index < -0.39 is 0 Å². The molecule has 0 saturated carbocycles. The number of carbonyl (C=O) groups is 2. The van der Waals surface area contributed by atoms with Crippen LogP contribution in [0.5, 0.6) is 0 Å². The molecule has 4 rings (SSSR count). The van der Waals surface area contributed by atoms with Gasteiger partial charge in [-0.3, -0.25) is 14.7 Å².